The number of nitrogens with zero attached hydrogens (tertiary/aromatic N) is 1. The van der Waals surface area contributed by atoms with Gasteiger partial charge in [-0.2, -0.15) is 0 Å². The summed E-state index contributed by atoms with van der Waals surface area (Å²) in [4.78, 5) is 15.2. The fourth-order valence-electron chi connectivity index (χ4n) is 4.59. The first-order chi connectivity index (χ1) is 12.4. The highest BCUT2D eigenvalue weighted by Crippen LogP contribution is 2.35. The Kier molecular flexibility index (Phi) is 7.76. The van der Waals surface area contributed by atoms with E-state index in [1.54, 1.807) is 0 Å². The predicted molar refractivity (Wildman–Crippen MR) is 115 cm³/mol. The second-order valence-corrected chi connectivity index (χ2v) is 9.39. The minimum atomic E-state index is 0. The number of nitrogens with one attached hydrogen (secondary N) is 1. The molecule has 2 saturated heterocycles. The maximum absolute atomic E-state index is 13.0. The van der Waals surface area contributed by atoms with E-state index in [0.29, 0.717) is 24.2 Å². The molecule has 0 radical (unpaired) electrons. The van der Waals surface area contributed by atoms with E-state index in [2.05, 4.69) is 62.2 Å². The molecule has 0 aliphatic carbocycles. The van der Waals surface area contributed by atoms with Gasteiger partial charge in [0.15, 0.2) is 0 Å². The summed E-state index contributed by atoms with van der Waals surface area (Å²) < 4.78 is 0. The quantitative estimate of drug-likeness (QED) is 0.773. The van der Waals surface area contributed by atoms with Gasteiger partial charge in [-0.1, -0.05) is 52.0 Å². The van der Waals surface area contributed by atoms with Crippen LogP contribution in [0.3, 0.4) is 0 Å². The van der Waals surface area contributed by atoms with E-state index in [1.165, 1.54) is 24.0 Å². The highest BCUT2D eigenvalue weighted by Gasteiger charge is 2.32. The Balaban J connectivity index is 0.00000261. The van der Waals surface area contributed by atoms with Crippen molar-refractivity contribution in [1.82, 2.24) is 10.2 Å². The van der Waals surface area contributed by atoms with E-state index >= 15 is 0 Å². The van der Waals surface area contributed by atoms with Gasteiger partial charge in [0, 0.05) is 13.0 Å². The minimum Gasteiger partial charge on any atom is -0.336 e. The van der Waals surface area contributed by atoms with Gasteiger partial charge >= 0.3 is 0 Å². The maximum Gasteiger partial charge on any atom is 0.223 e. The van der Waals surface area contributed by atoms with Crippen LogP contribution in [0.25, 0.3) is 0 Å². The molecule has 1 amide bonds. The van der Waals surface area contributed by atoms with Crippen LogP contribution in [0.2, 0.25) is 0 Å². The fourth-order valence-corrected chi connectivity index (χ4v) is 4.59. The summed E-state index contributed by atoms with van der Waals surface area (Å²) in [5.41, 5.74) is 2.84. The van der Waals surface area contributed by atoms with Gasteiger partial charge in [-0.05, 0) is 67.2 Å². The van der Waals surface area contributed by atoms with Crippen LogP contribution in [0.1, 0.15) is 77.0 Å². The summed E-state index contributed by atoms with van der Waals surface area (Å²) in [5.74, 6) is 1.56. The lowest BCUT2D eigenvalue weighted by atomic mass is 9.83. The van der Waals surface area contributed by atoms with E-state index in [-0.39, 0.29) is 23.9 Å². The zero-order valence-corrected chi connectivity index (χ0v) is 18.3. The number of halogens is 1. The number of carbonyl (C=O) groups excluding carboxylic acids is 1. The highest BCUT2D eigenvalue weighted by molar-refractivity contribution is 5.85. The topological polar surface area (TPSA) is 32.3 Å². The normalized spacial score (nSPS) is 22.4. The lowest BCUT2D eigenvalue weighted by molar-refractivity contribution is -0.133. The van der Waals surface area contributed by atoms with Gasteiger partial charge < -0.3 is 10.2 Å². The van der Waals surface area contributed by atoms with Crippen LogP contribution in [-0.2, 0) is 10.2 Å². The molecule has 27 heavy (non-hydrogen) atoms. The monoisotopic (exact) mass is 392 g/mol. The first-order valence-corrected chi connectivity index (χ1v) is 10.5. The van der Waals surface area contributed by atoms with Crippen molar-refractivity contribution in [3.8, 4) is 0 Å². The Labute approximate surface area is 171 Å². The number of likely N-dealkylation sites (tertiary alicyclic amines) is 1. The molecule has 2 heterocycles. The average molecular weight is 393 g/mol. The second-order valence-electron chi connectivity index (χ2n) is 9.39. The van der Waals surface area contributed by atoms with E-state index < -0.39 is 0 Å². The Morgan fingerprint density at radius 2 is 1.78 bits per heavy atom. The molecule has 152 valence electrons. The smallest absolute Gasteiger partial charge is 0.223 e. The molecule has 2 aliphatic heterocycles. The van der Waals surface area contributed by atoms with Gasteiger partial charge in [-0.15, -0.1) is 12.4 Å². The third kappa shape index (κ3) is 5.48. The van der Waals surface area contributed by atoms with Gasteiger partial charge in [0.1, 0.15) is 0 Å². The Morgan fingerprint density at radius 3 is 2.37 bits per heavy atom. The minimum absolute atomic E-state index is 0. The van der Waals surface area contributed by atoms with Crippen LogP contribution in [-0.4, -0.2) is 30.4 Å². The van der Waals surface area contributed by atoms with E-state index in [9.17, 15) is 4.79 Å². The Hall–Kier alpha value is -1.06. The van der Waals surface area contributed by atoms with Crippen molar-refractivity contribution in [3.63, 3.8) is 0 Å². The molecule has 1 aromatic rings. The summed E-state index contributed by atoms with van der Waals surface area (Å²) >= 11 is 0. The highest BCUT2D eigenvalue weighted by atomic mass is 35.5. The molecule has 2 aliphatic rings. The SMILES string of the molecule is CC(CC(=O)N1CCCC1c1ccc(C(C)(C)C)cc1)C1CCNCC1.Cl. The number of carbonyl (C=O) groups is 1. The molecular weight excluding hydrogens is 356 g/mol. The van der Waals surface area contributed by atoms with Crippen molar-refractivity contribution in [2.45, 2.75) is 71.3 Å². The molecule has 2 unspecified atom stereocenters. The van der Waals surface area contributed by atoms with Crippen molar-refractivity contribution in [2.24, 2.45) is 11.8 Å². The van der Waals surface area contributed by atoms with E-state index in [0.717, 1.165) is 32.5 Å². The molecule has 4 heteroatoms. The number of benzene rings is 1. The van der Waals surface area contributed by atoms with Gasteiger partial charge in [0.2, 0.25) is 5.91 Å². The molecular formula is C23H37ClN2O. The zero-order chi connectivity index (χ0) is 18.7. The van der Waals surface area contributed by atoms with Gasteiger partial charge in [0.05, 0.1) is 6.04 Å². The van der Waals surface area contributed by atoms with Gasteiger partial charge in [-0.3, -0.25) is 4.79 Å². The van der Waals surface area contributed by atoms with Gasteiger partial charge in [-0.25, -0.2) is 0 Å². The number of amides is 1. The van der Waals surface area contributed by atoms with E-state index in [1.807, 2.05) is 0 Å². The summed E-state index contributed by atoms with van der Waals surface area (Å²) in [7, 11) is 0. The summed E-state index contributed by atoms with van der Waals surface area (Å²) in [6.07, 6.45) is 5.36. The average Bonchev–Trinajstić information content (AvgIpc) is 3.11. The van der Waals surface area contributed by atoms with Crippen molar-refractivity contribution >= 4 is 18.3 Å². The van der Waals surface area contributed by atoms with Crippen molar-refractivity contribution in [1.29, 1.82) is 0 Å². The molecule has 0 saturated carbocycles. The molecule has 1 N–H and O–H groups in total. The third-order valence-electron chi connectivity index (χ3n) is 6.42. The van der Waals surface area contributed by atoms with Crippen LogP contribution in [0.5, 0.6) is 0 Å². The van der Waals surface area contributed by atoms with Crippen LogP contribution in [0.4, 0.5) is 0 Å². The molecule has 1 aromatic carbocycles. The first kappa shape index (κ1) is 22.2. The lowest BCUT2D eigenvalue weighted by Gasteiger charge is -2.31. The summed E-state index contributed by atoms with van der Waals surface area (Å²) in [6.45, 7) is 12.1. The Bertz CT molecular complexity index is 602. The lowest BCUT2D eigenvalue weighted by Crippen LogP contribution is -2.35. The van der Waals surface area contributed by atoms with Crippen LogP contribution in [0, 0.1) is 11.8 Å². The standard InChI is InChI=1S/C23H36N2O.ClH/c1-17(18-11-13-24-14-12-18)16-22(26)25-15-5-6-21(25)19-7-9-20(10-8-19)23(2,3)4;/h7-10,17-18,21,24H,5-6,11-16H2,1-4H3;1H. The molecule has 2 fully saturated rings. The fraction of sp³-hybridized carbons (Fsp3) is 0.696. The summed E-state index contributed by atoms with van der Waals surface area (Å²) in [5, 5.41) is 3.43. The number of hydrogen-bond donors (Lipinski definition) is 1. The number of piperidine rings is 1. The van der Waals surface area contributed by atoms with Crippen LogP contribution in [0.15, 0.2) is 24.3 Å². The first-order valence-electron chi connectivity index (χ1n) is 10.5. The van der Waals surface area contributed by atoms with Gasteiger partial charge in [0.25, 0.3) is 0 Å². The maximum atomic E-state index is 13.0. The molecule has 3 nitrogen and oxygen atoms in total. The number of hydrogen-bond acceptors (Lipinski definition) is 2. The summed E-state index contributed by atoms with van der Waals surface area (Å²) in [6, 6.07) is 9.25. The van der Waals surface area contributed by atoms with Crippen molar-refractivity contribution in [2.75, 3.05) is 19.6 Å². The molecule has 0 aromatic heterocycles. The molecule has 0 spiro atoms. The molecule has 3 rings (SSSR count). The predicted octanol–water partition coefficient (Wildman–Crippen LogP) is 5.10. The second kappa shape index (κ2) is 9.43. The third-order valence-corrected chi connectivity index (χ3v) is 6.42. The van der Waals surface area contributed by atoms with Crippen LogP contribution >= 0.6 is 12.4 Å². The largest absolute Gasteiger partial charge is 0.336 e. The zero-order valence-electron chi connectivity index (χ0n) is 17.5. The Morgan fingerprint density at radius 1 is 1.15 bits per heavy atom. The van der Waals surface area contributed by atoms with E-state index in [4.69, 9.17) is 0 Å². The molecule has 0 bridgehead atoms. The van der Waals surface area contributed by atoms with Crippen molar-refractivity contribution < 1.29 is 4.79 Å². The van der Waals surface area contributed by atoms with Crippen LogP contribution < -0.4 is 5.32 Å². The molecule has 2 atom stereocenters. The van der Waals surface area contributed by atoms with Crippen molar-refractivity contribution in [3.05, 3.63) is 35.4 Å². The number of rotatable bonds is 4.